The predicted molar refractivity (Wildman–Crippen MR) is 103 cm³/mol. The number of carbonyl (C=O) groups excluding carboxylic acids is 2. The Hall–Kier alpha value is -2.93. The fourth-order valence-electron chi connectivity index (χ4n) is 2.80. The Kier molecular flexibility index (Phi) is 6.03. The molecule has 0 radical (unpaired) electrons. The largest absolute Gasteiger partial charge is 0.496 e. The van der Waals surface area contributed by atoms with E-state index >= 15 is 0 Å². The van der Waals surface area contributed by atoms with E-state index in [2.05, 4.69) is 15.6 Å². The van der Waals surface area contributed by atoms with Gasteiger partial charge >= 0.3 is 0 Å². The highest BCUT2D eigenvalue weighted by molar-refractivity contribution is 6.06. The van der Waals surface area contributed by atoms with Crippen molar-refractivity contribution in [2.24, 2.45) is 5.73 Å². The highest BCUT2D eigenvalue weighted by atomic mass is 16.5. The lowest BCUT2D eigenvalue weighted by Gasteiger charge is -2.12. The molecule has 1 aromatic carbocycles. The van der Waals surface area contributed by atoms with Crippen LogP contribution in [0.25, 0.3) is 0 Å². The van der Waals surface area contributed by atoms with Gasteiger partial charge in [-0.05, 0) is 61.6 Å². The van der Waals surface area contributed by atoms with Crippen molar-refractivity contribution in [3.8, 4) is 5.75 Å². The molecular formula is C20H24N4O3. The summed E-state index contributed by atoms with van der Waals surface area (Å²) in [6.45, 7) is 0.961. The molecule has 0 unspecified atom stereocenters. The highest BCUT2D eigenvalue weighted by Crippen LogP contribution is 2.40. The number of ether oxygens (including phenoxy) is 1. The standard InChI is InChI=1S/C20H24N4O3/c1-27-18-6-5-14(10-17(18)20(26)23-8-2-7-21)19(25)24-16-9-15(11-22-12-16)13-3-4-13/h5-6,9-13H,2-4,7-8,21H2,1H3,(H,23,26)(H,24,25). The summed E-state index contributed by atoms with van der Waals surface area (Å²) in [6, 6.07) is 6.73. The lowest BCUT2D eigenvalue weighted by atomic mass is 10.1. The van der Waals surface area contributed by atoms with Gasteiger partial charge in [-0.15, -0.1) is 0 Å². The molecular weight excluding hydrogens is 344 g/mol. The molecule has 0 atom stereocenters. The van der Waals surface area contributed by atoms with Gasteiger partial charge in [-0.1, -0.05) is 0 Å². The number of nitrogens with two attached hydrogens (primary N) is 1. The lowest BCUT2D eigenvalue weighted by Crippen LogP contribution is -2.26. The normalized spacial score (nSPS) is 13.1. The first kappa shape index (κ1) is 18.8. The maximum absolute atomic E-state index is 12.6. The van der Waals surface area contributed by atoms with Crippen molar-refractivity contribution in [3.63, 3.8) is 0 Å². The van der Waals surface area contributed by atoms with Crippen molar-refractivity contribution in [2.75, 3.05) is 25.5 Å². The number of methoxy groups -OCH3 is 1. The lowest BCUT2D eigenvalue weighted by molar-refractivity contribution is 0.0950. The van der Waals surface area contributed by atoms with Crippen LogP contribution in [0.3, 0.4) is 0 Å². The van der Waals surface area contributed by atoms with E-state index in [1.165, 1.54) is 26.0 Å². The van der Waals surface area contributed by atoms with Crippen LogP contribution < -0.4 is 21.1 Å². The zero-order valence-corrected chi connectivity index (χ0v) is 15.3. The van der Waals surface area contributed by atoms with Crippen LogP contribution in [0.2, 0.25) is 0 Å². The van der Waals surface area contributed by atoms with E-state index < -0.39 is 0 Å². The summed E-state index contributed by atoms with van der Waals surface area (Å²) in [5.41, 5.74) is 7.92. The first-order valence-corrected chi connectivity index (χ1v) is 9.05. The van der Waals surface area contributed by atoms with Crippen molar-refractivity contribution < 1.29 is 14.3 Å². The van der Waals surface area contributed by atoms with E-state index in [4.69, 9.17) is 10.5 Å². The maximum atomic E-state index is 12.6. The molecule has 3 rings (SSSR count). The van der Waals surface area contributed by atoms with Crippen molar-refractivity contribution in [2.45, 2.75) is 25.2 Å². The van der Waals surface area contributed by atoms with Crippen LogP contribution >= 0.6 is 0 Å². The number of pyridine rings is 1. The summed E-state index contributed by atoms with van der Waals surface area (Å²) in [5, 5.41) is 5.62. The van der Waals surface area contributed by atoms with Gasteiger partial charge in [-0.3, -0.25) is 14.6 Å². The molecule has 1 fully saturated rings. The summed E-state index contributed by atoms with van der Waals surface area (Å²) >= 11 is 0. The minimum atomic E-state index is -0.302. The fourth-order valence-corrected chi connectivity index (χ4v) is 2.80. The number of nitrogens with zero attached hydrogens (tertiary/aromatic N) is 1. The summed E-state index contributed by atoms with van der Waals surface area (Å²) < 4.78 is 5.25. The first-order chi connectivity index (χ1) is 13.1. The number of rotatable bonds is 8. The Balaban J connectivity index is 1.75. The molecule has 0 aliphatic heterocycles. The molecule has 4 N–H and O–H groups in total. The Morgan fingerprint density at radius 3 is 2.74 bits per heavy atom. The van der Waals surface area contributed by atoms with Gasteiger partial charge in [0.15, 0.2) is 0 Å². The van der Waals surface area contributed by atoms with Crippen molar-refractivity contribution in [1.29, 1.82) is 0 Å². The molecule has 0 saturated heterocycles. The average Bonchev–Trinajstić information content (AvgIpc) is 3.53. The van der Waals surface area contributed by atoms with Gasteiger partial charge in [0, 0.05) is 18.3 Å². The number of aromatic nitrogens is 1. The highest BCUT2D eigenvalue weighted by Gasteiger charge is 2.24. The number of anilines is 1. The molecule has 1 aromatic heterocycles. The minimum Gasteiger partial charge on any atom is -0.496 e. The Morgan fingerprint density at radius 1 is 1.22 bits per heavy atom. The van der Waals surface area contributed by atoms with Crippen molar-refractivity contribution in [1.82, 2.24) is 10.3 Å². The molecule has 7 nitrogen and oxygen atoms in total. The molecule has 1 aliphatic rings. The number of hydrogen-bond donors (Lipinski definition) is 3. The van der Waals surface area contributed by atoms with Gasteiger partial charge in [-0.25, -0.2) is 0 Å². The maximum Gasteiger partial charge on any atom is 0.255 e. The summed E-state index contributed by atoms with van der Waals surface area (Å²) in [4.78, 5) is 29.2. The van der Waals surface area contributed by atoms with Gasteiger partial charge in [0.05, 0.1) is 24.6 Å². The number of hydrogen-bond acceptors (Lipinski definition) is 5. The van der Waals surface area contributed by atoms with Crippen LogP contribution in [0, 0.1) is 0 Å². The second-order valence-corrected chi connectivity index (χ2v) is 6.55. The molecule has 1 saturated carbocycles. The third kappa shape index (κ3) is 4.83. The molecule has 1 aliphatic carbocycles. The molecule has 0 bridgehead atoms. The zero-order valence-electron chi connectivity index (χ0n) is 15.3. The zero-order chi connectivity index (χ0) is 19.2. The third-order valence-electron chi connectivity index (χ3n) is 4.44. The van der Waals surface area contributed by atoms with Crippen LogP contribution in [0.5, 0.6) is 5.75 Å². The van der Waals surface area contributed by atoms with Crippen LogP contribution in [-0.4, -0.2) is 37.0 Å². The van der Waals surface area contributed by atoms with E-state index in [0.29, 0.717) is 48.0 Å². The molecule has 1 heterocycles. The SMILES string of the molecule is COc1ccc(C(=O)Nc2cncc(C3CC3)c2)cc1C(=O)NCCCN. The van der Waals surface area contributed by atoms with Crippen molar-refractivity contribution in [3.05, 3.63) is 53.3 Å². The molecule has 2 amide bonds. The third-order valence-corrected chi connectivity index (χ3v) is 4.44. The second kappa shape index (κ2) is 8.64. The average molecular weight is 368 g/mol. The Morgan fingerprint density at radius 2 is 2.04 bits per heavy atom. The van der Waals surface area contributed by atoms with Gasteiger partial charge < -0.3 is 21.1 Å². The first-order valence-electron chi connectivity index (χ1n) is 9.05. The number of nitrogens with one attached hydrogen (secondary N) is 2. The van der Waals surface area contributed by atoms with Crippen LogP contribution in [0.1, 0.15) is 51.5 Å². The van der Waals surface area contributed by atoms with Crippen LogP contribution in [0.15, 0.2) is 36.7 Å². The van der Waals surface area contributed by atoms with Crippen molar-refractivity contribution >= 4 is 17.5 Å². The quantitative estimate of drug-likeness (QED) is 0.620. The summed E-state index contributed by atoms with van der Waals surface area (Å²) in [6.07, 6.45) is 6.47. The smallest absolute Gasteiger partial charge is 0.255 e. The van der Waals surface area contributed by atoms with Gasteiger partial charge in [0.2, 0.25) is 0 Å². The molecule has 27 heavy (non-hydrogen) atoms. The van der Waals surface area contributed by atoms with E-state index in [1.54, 1.807) is 18.3 Å². The van der Waals surface area contributed by atoms with E-state index in [9.17, 15) is 9.59 Å². The monoisotopic (exact) mass is 368 g/mol. The molecule has 7 heteroatoms. The second-order valence-electron chi connectivity index (χ2n) is 6.55. The topological polar surface area (TPSA) is 106 Å². The predicted octanol–water partition coefficient (Wildman–Crippen LogP) is 2.30. The molecule has 142 valence electrons. The molecule has 0 spiro atoms. The van der Waals surface area contributed by atoms with E-state index in [1.807, 2.05) is 12.3 Å². The van der Waals surface area contributed by atoms with Gasteiger partial charge in [0.25, 0.3) is 11.8 Å². The molecule has 2 aromatic rings. The summed E-state index contributed by atoms with van der Waals surface area (Å²) in [5.74, 6) is 0.365. The Bertz CT molecular complexity index is 834. The Labute approximate surface area is 158 Å². The van der Waals surface area contributed by atoms with E-state index in [-0.39, 0.29) is 11.8 Å². The summed E-state index contributed by atoms with van der Waals surface area (Å²) in [7, 11) is 1.49. The van der Waals surface area contributed by atoms with E-state index in [0.717, 1.165) is 5.56 Å². The number of amides is 2. The minimum absolute atomic E-state index is 0.299. The fraction of sp³-hybridized carbons (Fsp3) is 0.350. The van der Waals surface area contributed by atoms with Gasteiger partial charge in [0.1, 0.15) is 5.75 Å². The number of carbonyl (C=O) groups is 2. The number of benzene rings is 1. The van der Waals surface area contributed by atoms with Gasteiger partial charge in [-0.2, -0.15) is 0 Å². The van der Waals surface area contributed by atoms with Crippen LogP contribution in [-0.2, 0) is 0 Å². The van der Waals surface area contributed by atoms with Crippen LogP contribution in [0.4, 0.5) is 5.69 Å².